The smallest absolute Gasteiger partial charge is 0.306 e. The molecule has 0 saturated heterocycles. The van der Waals surface area contributed by atoms with Crippen molar-refractivity contribution in [2.24, 2.45) is 0 Å². The third-order valence-corrected chi connectivity index (χ3v) is 8.41. The molecule has 220 valence electrons. The van der Waals surface area contributed by atoms with Crippen LogP contribution < -0.4 is 0 Å². The van der Waals surface area contributed by atoms with Gasteiger partial charge in [-0.3, -0.25) is 9.59 Å². The van der Waals surface area contributed by atoms with E-state index in [0.717, 1.165) is 38.5 Å². The van der Waals surface area contributed by atoms with Gasteiger partial charge in [0.1, 0.15) is 0 Å². The van der Waals surface area contributed by atoms with Gasteiger partial charge in [-0.05, 0) is 12.8 Å². The first-order valence-electron chi connectivity index (χ1n) is 15.4. The Morgan fingerprint density at radius 3 is 1.03 bits per heavy atom. The Kier molecular flexibility index (Phi) is 25.7. The summed E-state index contributed by atoms with van der Waals surface area (Å²) in [4.78, 5) is 23.7. The molecule has 0 spiro atoms. The van der Waals surface area contributed by atoms with Crippen LogP contribution in [0.2, 0.25) is 0 Å². The van der Waals surface area contributed by atoms with Gasteiger partial charge >= 0.3 is 11.9 Å². The van der Waals surface area contributed by atoms with Crippen molar-refractivity contribution in [3.8, 4) is 0 Å². The number of carbonyl (C=O) groups is 2. The number of ether oxygens (including phenoxy) is 2. The Labute approximate surface area is 228 Å². The molecule has 0 aromatic carbocycles. The van der Waals surface area contributed by atoms with Crippen LogP contribution in [0.1, 0.15) is 155 Å². The number of hydrogen-bond acceptors (Lipinski definition) is 6. The first-order chi connectivity index (χ1) is 17.9. The van der Waals surface area contributed by atoms with E-state index >= 15 is 0 Å². The van der Waals surface area contributed by atoms with E-state index in [4.69, 9.17) is 9.47 Å². The van der Waals surface area contributed by atoms with Crippen molar-refractivity contribution in [1.29, 1.82) is 0 Å². The molecule has 0 atom stereocenters. The standard InChI is InChI=1S/C30H58O6S/c1-3-5-7-9-11-13-15-17-19-21-25-35-29(31)23-27-37(33,34)28-24-30(32)36-26-22-20-18-16-14-12-10-8-6-4-2/h3-28H2,1-2H3. The Morgan fingerprint density at radius 1 is 0.459 bits per heavy atom. The molecule has 0 radical (unpaired) electrons. The zero-order valence-electron chi connectivity index (χ0n) is 24.2. The average molecular weight is 547 g/mol. The highest BCUT2D eigenvalue weighted by Gasteiger charge is 2.17. The van der Waals surface area contributed by atoms with Gasteiger partial charge in [-0.1, -0.05) is 129 Å². The predicted octanol–water partition coefficient (Wildman–Crippen LogP) is 8.11. The number of esters is 2. The molecule has 0 aliphatic rings. The normalized spacial score (nSPS) is 11.5. The fraction of sp³-hybridized carbons (Fsp3) is 0.933. The maximum atomic E-state index is 12.1. The van der Waals surface area contributed by atoms with Crippen molar-refractivity contribution in [1.82, 2.24) is 0 Å². The largest absolute Gasteiger partial charge is 0.466 e. The third kappa shape index (κ3) is 27.7. The van der Waals surface area contributed by atoms with Gasteiger partial charge in [0.15, 0.2) is 9.84 Å². The van der Waals surface area contributed by atoms with E-state index in [9.17, 15) is 18.0 Å². The molecule has 6 nitrogen and oxygen atoms in total. The Balaban J connectivity index is 3.59. The molecule has 0 saturated carbocycles. The third-order valence-electron chi connectivity index (χ3n) is 6.76. The van der Waals surface area contributed by atoms with E-state index in [1.165, 1.54) is 89.9 Å². The summed E-state index contributed by atoms with van der Waals surface area (Å²) in [5.74, 6) is -1.53. The van der Waals surface area contributed by atoms with Gasteiger partial charge in [-0.25, -0.2) is 8.42 Å². The van der Waals surface area contributed by atoms with E-state index < -0.39 is 21.8 Å². The summed E-state index contributed by atoms with van der Waals surface area (Å²) in [6.07, 6.45) is 23.8. The highest BCUT2D eigenvalue weighted by molar-refractivity contribution is 7.91. The molecular weight excluding hydrogens is 488 g/mol. The summed E-state index contributed by atoms with van der Waals surface area (Å²) in [6, 6.07) is 0. The molecule has 0 aromatic rings. The lowest BCUT2D eigenvalue weighted by atomic mass is 10.1. The number of rotatable bonds is 28. The van der Waals surface area contributed by atoms with Crippen molar-refractivity contribution in [3.05, 3.63) is 0 Å². The minimum atomic E-state index is -3.48. The van der Waals surface area contributed by atoms with Crippen LogP contribution in [0.25, 0.3) is 0 Å². The molecule has 37 heavy (non-hydrogen) atoms. The first-order valence-corrected chi connectivity index (χ1v) is 17.2. The molecule has 0 heterocycles. The summed E-state index contributed by atoms with van der Waals surface area (Å²) >= 11 is 0. The summed E-state index contributed by atoms with van der Waals surface area (Å²) in [7, 11) is -3.48. The maximum absolute atomic E-state index is 12.1. The average Bonchev–Trinajstić information content (AvgIpc) is 2.88. The van der Waals surface area contributed by atoms with Crippen LogP contribution in [0.15, 0.2) is 0 Å². The molecule has 0 bridgehead atoms. The maximum Gasteiger partial charge on any atom is 0.306 e. The fourth-order valence-corrected chi connectivity index (χ4v) is 5.43. The SMILES string of the molecule is CCCCCCCCCCCCOC(=O)CCS(=O)(=O)CCC(=O)OCCCCCCCCCCCC. The van der Waals surface area contributed by atoms with Crippen molar-refractivity contribution in [2.75, 3.05) is 24.7 Å². The van der Waals surface area contributed by atoms with Crippen molar-refractivity contribution in [3.63, 3.8) is 0 Å². The van der Waals surface area contributed by atoms with Gasteiger partial charge in [0.05, 0.1) is 37.6 Å². The Morgan fingerprint density at radius 2 is 0.730 bits per heavy atom. The van der Waals surface area contributed by atoms with Crippen LogP contribution in [-0.2, 0) is 28.9 Å². The van der Waals surface area contributed by atoms with E-state index in [1.807, 2.05) is 0 Å². The fourth-order valence-electron chi connectivity index (χ4n) is 4.28. The summed E-state index contributed by atoms with van der Waals surface area (Å²) in [5.41, 5.74) is 0. The van der Waals surface area contributed by atoms with Gasteiger partial charge in [-0.15, -0.1) is 0 Å². The van der Waals surface area contributed by atoms with Crippen LogP contribution in [0.5, 0.6) is 0 Å². The number of carbonyl (C=O) groups excluding carboxylic acids is 2. The Bertz CT molecular complexity index is 584. The molecule has 0 rings (SSSR count). The van der Waals surface area contributed by atoms with Gasteiger partial charge < -0.3 is 9.47 Å². The lowest BCUT2D eigenvalue weighted by Crippen LogP contribution is -2.19. The van der Waals surface area contributed by atoms with Crippen molar-refractivity contribution < 1.29 is 27.5 Å². The number of hydrogen-bond donors (Lipinski definition) is 0. The van der Waals surface area contributed by atoms with Gasteiger partial charge in [0, 0.05) is 0 Å². The molecule has 0 fully saturated rings. The minimum Gasteiger partial charge on any atom is -0.466 e. The zero-order chi connectivity index (χ0) is 27.5. The zero-order valence-corrected chi connectivity index (χ0v) is 25.1. The summed E-state index contributed by atoms with van der Waals surface area (Å²) in [6.45, 7) is 5.15. The van der Waals surface area contributed by atoms with Crippen molar-refractivity contribution >= 4 is 21.8 Å². The number of sulfone groups is 1. The van der Waals surface area contributed by atoms with Crippen LogP contribution in [0.3, 0.4) is 0 Å². The molecule has 7 heteroatoms. The first kappa shape index (κ1) is 35.9. The molecule has 0 N–H and O–H groups in total. The van der Waals surface area contributed by atoms with E-state index in [0.29, 0.717) is 13.2 Å². The van der Waals surface area contributed by atoms with E-state index in [2.05, 4.69) is 13.8 Å². The lowest BCUT2D eigenvalue weighted by Gasteiger charge is -2.07. The second-order valence-electron chi connectivity index (χ2n) is 10.5. The summed E-state index contributed by atoms with van der Waals surface area (Å²) in [5, 5.41) is 0. The van der Waals surface area contributed by atoms with E-state index in [1.54, 1.807) is 0 Å². The van der Waals surface area contributed by atoms with Crippen LogP contribution in [0, 0.1) is 0 Å². The molecule has 0 aromatic heterocycles. The Hall–Kier alpha value is -1.11. The predicted molar refractivity (Wildman–Crippen MR) is 153 cm³/mol. The van der Waals surface area contributed by atoms with Crippen LogP contribution in [-0.4, -0.2) is 45.1 Å². The van der Waals surface area contributed by atoms with Gasteiger partial charge in [0.25, 0.3) is 0 Å². The second-order valence-corrected chi connectivity index (χ2v) is 12.8. The molecule has 0 amide bonds. The van der Waals surface area contributed by atoms with Crippen LogP contribution >= 0.6 is 0 Å². The molecular formula is C30H58O6S. The highest BCUT2D eigenvalue weighted by atomic mass is 32.2. The molecule has 0 aliphatic heterocycles. The van der Waals surface area contributed by atoms with Crippen molar-refractivity contribution in [2.45, 2.75) is 155 Å². The quantitative estimate of drug-likeness (QED) is 0.0727. The topological polar surface area (TPSA) is 86.7 Å². The minimum absolute atomic E-state index is 0.159. The number of unbranched alkanes of at least 4 members (excludes halogenated alkanes) is 18. The summed E-state index contributed by atoms with van der Waals surface area (Å²) < 4.78 is 34.6. The molecule has 0 unspecified atom stereocenters. The van der Waals surface area contributed by atoms with Crippen LogP contribution in [0.4, 0.5) is 0 Å². The van der Waals surface area contributed by atoms with Gasteiger partial charge in [-0.2, -0.15) is 0 Å². The molecule has 0 aliphatic carbocycles. The highest BCUT2D eigenvalue weighted by Crippen LogP contribution is 2.12. The monoisotopic (exact) mass is 546 g/mol. The van der Waals surface area contributed by atoms with Gasteiger partial charge in [0.2, 0.25) is 0 Å². The lowest BCUT2D eigenvalue weighted by molar-refractivity contribution is -0.144. The van der Waals surface area contributed by atoms with E-state index in [-0.39, 0.29) is 24.3 Å². The second kappa shape index (κ2) is 26.5.